The summed E-state index contributed by atoms with van der Waals surface area (Å²) in [5.74, 6) is 0.311. The molecule has 2 heteroatoms. The van der Waals surface area contributed by atoms with Crippen molar-refractivity contribution in [2.75, 3.05) is 0 Å². The van der Waals surface area contributed by atoms with E-state index in [1.54, 1.807) is 0 Å². The molecule has 0 bridgehead atoms. The lowest BCUT2D eigenvalue weighted by atomic mass is 9.80. The minimum atomic E-state index is 0.311. The van der Waals surface area contributed by atoms with Crippen molar-refractivity contribution in [3.05, 3.63) is 175 Å². The number of para-hydroxylation sites is 1. The average molecular weight is 639 g/mol. The molecule has 0 N–H and O–H groups in total. The highest BCUT2D eigenvalue weighted by Crippen LogP contribution is 2.47. The average Bonchev–Trinajstić information content (AvgIpc) is 3.74. The van der Waals surface area contributed by atoms with Crippen LogP contribution in [0.2, 0.25) is 0 Å². The molecule has 0 spiro atoms. The van der Waals surface area contributed by atoms with E-state index in [9.17, 15) is 0 Å². The third kappa shape index (κ3) is 4.02. The quantitative estimate of drug-likeness (QED) is 0.180. The monoisotopic (exact) mass is 638 g/mol. The van der Waals surface area contributed by atoms with Crippen LogP contribution in [0.3, 0.4) is 0 Å². The Morgan fingerprint density at radius 3 is 1.78 bits per heavy atom. The Morgan fingerprint density at radius 1 is 0.440 bits per heavy atom. The second-order valence-corrected chi connectivity index (χ2v) is 13.6. The molecule has 234 valence electrons. The van der Waals surface area contributed by atoms with Gasteiger partial charge in [-0.15, -0.1) is 0 Å². The predicted molar refractivity (Wildman–Crippen MR) is 210 cm³/mol. The Labute approximate surface area is 288 Å². The molecule has 0 radical (unpaired) electrons. The van der Waals surface area contributed by atoms with Crippen LogP contribution in [0.5, 0.6) is 0 Å². The Hall–Kier alpha value is -6.38. The summed E-state index contributed by atoms with van der Waals surface area (Å²) in [7, 11) is 0. The van der Waals surface area contributed by atoms with Crippen molar-refractivity contribution < 1.29 is 8.83 Å². The van der Waals surface area contributed by atoms with E-state index < -0.39 is 0 Å². The van der Waals surface area contributed by atoms with Crippen LogP contribution in [0.1, 0.15) is 23.5 Å². The van der Waals surface area contributed by atoms with E-state index in [0.717, 1.165) is 55.9 Å². The van der Waals surface area contributed by atoms with Crippen LogP contribution in [0.4, 0.5) is 0 Å². The van der Waals surface area contributed by atoms with E-state index in [1.807, 2.05) is 24.3 Å². The van der Waals surface area contributed by atoms with Crippen LogP contribution in [0, 0.1) is 0 Å². The number of hydrogen-bond acceptors (Lipinski definition) is 2. The van der Waals surface area contributed by atoms with Gasteiger partial charge < -0.3 is 8.83 Å². The first-order chi connectivity index (χ1) is 24.8. The van der Waals surface area contributed by atoms with Crippen LogP contribution in [-0.2, 0) is 0 Å². The predicted octanol–water partition coefficient (Wildman–Crippen LogP) is 13.7. The highest BCUT2D eigenvalue weighted by atomic mass is 16.3. The maximum atomic E-state index is 6.61. The fourth-order valence-corrected chi connectivity index (χ4v) is 8.55. The van der Waals surface area contributed by atoms with Crippen molar-refractivity contribution in [3.63, 3.8) is 0 Å². The molecule has 0 aliphatic heterocycles. The van der Waals surface area contributed by atoms with Gasteiger partial charge in [0.25, 0.3) is 0 Å². The summed E-state index contributed by atoms with van der Waals surface area (Å²) >= 11 is 0. The second kappa shape index (κ2) is 10.6. The van der Waals surface area contributed by atoms with E-state index >= 15 is 0 Å². The molecule has 2 nitrogen and oxygen atoms in total. The van der Waals surface area contributed by atoms with E-state index in [0.29, 0.717) is 5.92 Å². The molecule has 8 aromatic carbocycles. The van der Waals surface area contributed by atoms with Crippen LogP contribution in [0.25, 0.3) is 92.9 Å². The highest BCUT2D eigenvalue weighted by molar-refractivity contribution is 6.26. The summed E-state index contributed by atoms with van der Waals surface area (Å²) in [6.07, 6.45) is 7.89. The second-order valence-electron chi connectivity index (χ2n) is 13.6. The molecule has 1 atom stereocenters. The zero-order valence-electron chi connectivity index (χ0n) is 27.2. The van der Waals surface area contributed by atoms with Gasteiger partial charge in [0.2, 0.25) is 0 Å². The SMILES string of the molecule is C1=CC(c2ccc3ccccc3c2)CC(c2c3ccccc3c(-c3ccc4c(c3)oc3ccc5oc6ccccc6c5c34)c3ccccc23)=C1. The lowest BCUT2D eigenvalue weighted by Crippen LogP contribution is -2.02. The molecule has 11 rings (SSSR count). The highest BCUT2D eigenvalue weighted by Gasteiger charge is 2.23. The number of rotatable bonds is 3. The summed E-state index contributed by atoms with van der Waals surface area (Å²) in [4.78, 5) is 0. The minimum absolute atomic E-state index is 0.311. The molecule has 2 heterocycles. The maximum Gasteiger partial charge on any atom is 0.136 e. The molecule has 2 aromatic heterocycles. The summed E-state index contributed by atoms with van der Waals surface area (Å²) in [6.45, 7) is 0. The van der Waals surface area contributed by atoms with Crippen molar-refractivity contribution >= 4 is 81.8 Å². The molecule has 1 unspecified atom stereocenters. The minimum Gasteiger partial charge on any atom is -0.456 e. The van der Waals surface area contributed by atoms with Gasteiger partial charge in [-0.25, -0.2) is 0 Å². The zero-order chi connectivity index (χ0) is 32.8. The van der Waals surface area contributed by atoms with Gasteiger partial charge in [-0.2, -0.15) is 0 Å². The van der Waals surface area contributed by atoms with Crippen molar-refractivity contribution in [2.24, 2.45) is 0 Å². The summed E-state index contributed by atoms with van der Waals surface area (Å²) in [5, 5.41) is 12.1. The zero-order valence-corrected chi connectivity index (χ0v) is 27.2. The van der Waals surface area contributed by atoms with E-state index in [2.05, 4.69) is 140 Å². The fraction of sp³-hybridized carbons (Fsp3) is 0.0417. The maximum absolute atomic E-state index is 6.61. The third-order valence-electron chi connectivity index (χ3n) is 10.8. The van der Waals surface area contributed by atoms with Crippen LogP contribution >= 0.6 is 0 Å². The van der Waals surface area contributed by atoms with E-state index in [-0.39, 0.29) is 0 Å². The van der Waals surface area contributed by atoms with Gasteiger partial charge in [-0.05, 0) is 96.9 Å². The lowest BCUT2D eigenvalue weighted by Gasteiger charge is -2.23. The Bertz CT molecular complexity index is 3020. The Morgan fingerprint density at radius 2 is 1.04 bits per heavy atom. The molecule has 50 heavy (non-hydrogen) atoms. The molecule has 0 fully saturated rings. The van der Waals surface area contributed by atoms with Gasteiger partial charge in [0.05, 0.1) is 0 Å². The van der Waals surface area contributed by atoms with Gasteiger partial charge in [0, 0.05) is 27.5 Å². The number of allylic oxidation sites excluding steroid dienone is 4. The molecule has 1 aliphatic carbocycles. The Kier molecular flexibility index (Phi) is 5.82. The fourth-order valence-electron chi connectivity index (χ4n) is 8.55. The van der Waals surface area contributed by atoms with Crippen molar-refractivity contribution in [3.8, 4) is 11.1 Å². The summed E-state index contributed by atoms with van der Waals surface area (Å²) < 4.78 is 12.8. The van der Waals surface area contributed by atoms with Gasteiger partial charge in [0.15, 0.2) is 0 Å². The first-order valence-electron chi connectivity index (χ1n) is 17.4. The number of furan rings is 2. The summed E-state index contributed by atoms with van der Waals surface area (Å²) in [6, 6.07) is 52.4. The number of benzene rings is 8. The topological polar surface area (TPSA) is 26.3 Å². The van der Waals surface area contributed by atoms with Crippen LogP contribution in [-0.4, -0.2) is 0 Å². The first-order valence-corrected chi connectivity index (χ1v) is 17.4. The molecular formula is C48H30O2. The van der Waals surface area contributed by atoms with Gasteiger partial charge in [0.1, 0.15) is 22.3 Å². The smallest absolute Gasteiger partial charge is 0.136 e. The first kappa shape index (κ1) is 27.6. The molecule has 1 aliphatic rings. The molecule has 0 amide bonds. The standard InChI is InChI=1S/C48H30O2/c1-2-11-30-26-32(21-20-29(30)10-1)31-12-9-13-33(27-31)45-35-14-3-5-16-37(35)46(38-17-6-4-15-36(38)45)34-22-23-40-44(28-34)50-43-25-24-42-47(48(40)43)39-18-7-8-19-41(39)49-42/h1-26,28,31H,27H2. The molecule has 10 aromatic rings. The normalized spacial score (nSPS) is 15.0. The molecule has 0 saturated carbocycles. The van der Waals surface area contributed by atoms with Crippen LogP contribution < -0.4 is 0 Å². The van der Waals surface area contributed by atoms with Gasteiger partial charge in [-0.3, -0.25) is 0 Å². The van der Waals surface area contributed by atoms with Crippen LogP contribution in [0.15, 0.2) is 173 Å². The van der Waals surface area contributed by atoms with Crippen molar-refractivity contribution in [2.45, 2.75) is 12.3 Å². The number of hydrogen-bond donors (Lipinski definition) is 0. The lowest BCUT2D eigenvalue weighted by molar-refractivity contribution is 0.663. The van der Waals surface area contributed by atoms with E-state index in [1.165, 1.54) is 54.6 Å². The Balaban J connectivity index is 1.09. The molecule has 0 saturated heterocycles. The molecular weight excluding hydrogens is 609 g/mol. The van der Waals surface area contributed by atoms with E-state index in [4.69, 9.17) is 8.83 Å². The summed E-state index contributed by atoms with van der Waals surface area (Å²) in [5.41, 5.74) is 9.97. The number of fused-ring (bicyclic) bond motifs is 10. The third-order valence-corrected chi connectivity index (χ3v) is 10.8. The van der Waals surface area contributed by atoms with Crippen molar-refractivity contribution in [1.29, 1.82) is 0 Å². The van der Waals surface area contributed by atoms with Crippen molar-refractivity contribution in [1.82, 2.24) is 0 Å². The van der Waals surface area contributed by atoms with Gasteiger partial charge in [-0.1, -0.05) is 133 Å². The van der Waals surface area contributed by atoms with Gasteiger partial charge >= 0.3 is 0 Å². The largest absolute Gasteiger partial charge is 0.456 e.